The van der Waals surface area contributed by atoms with Crippen molar-refractivity contribution < 1.29 is 4.79 Å². The summed E-state index contributed by atoms with van der Waals surface area (Å²) in [5.41, 5.74) is 0.969. The van der Waals surface area contributed by atoms with Crippen LogP contribution in [0.25, 0.3) is 0 Å². The second kappa shape index (κ2) is 7.41. The quantitative estimate of drug-likeness (QED) is 0.744. The van der Waals surface area contributed by atoms with Gasteiger partial charge in [0.2, 0.25) is 0 Å². The van der Waals surface area contributed by atoms with E-state index in [1.165, 1.54) is 0 Å². The largest absolute Gasteiger partial charge is 0.349 e. The molecule has 0 N–H and O–H groups in total. The zero-order valence-electron chi connectivity index (χ0n) is 9.77. The van der Waals surface area contributed by atoms with Gasteiger partial charge in [0.25, 0.3) is 0 Å². The van der Waals surface area contributed by atoms with E-state index < -0.39 is 0 Å². The van der Waals surface area contributed by atoms with Gasteiger partial charge in [0, 0.05) is 30.1 Å². The first-order valence-electron chi connectivity index (χ1n) is 5.59. The Morgan fingerprint density at radius 2 is 1.82 bits per heavy atom. The molecule has 0 spiro atoms. The molecule has 0 bridgehead atoms. The van der Waals surface area contributed by atoms with Gasteiger partial charge in [-0.1, -0.05) is 43.7 Å². The van der Waals surface area contributed by atoms with Gasteiger partial charge >= 0.3 is 6.03 Å². The van der Waals surface area contributed by atoms with E-state index >= 15 is 0 Å². The molecule has 1 rings (SSSR count). The smallest absolute Gasteiger partial charge is 0.246 e. The van der Waals surface area contributed by atoms with Gasteiger partial charge in [0.15, 0.2) is 0 Å². The summed E-state index contributed by atoms with van der Waals surface area (Å²) in [6, 6.07) is 9.16. The number of carbonyl (C=O) groups is 1. The van der Waals surface area contributed by atoms with Crippen molar-refractivity contribution in [1.29, 1.82) is 0 Å². The van der Waals surface area contributed by atoms with E-state index in [2.05, 4.69) is 0 Å². The number of amides is 2. The standard InChI is InChI=1S/C12H16Cl2N2O/c1-2-3-9-15(13)12(17)16(14)10-11-7-5-4-6-8-11/h4-8H,2-3,9-10H2,1H3. The van der Waals surface area contributed by atoms with Gasteiger partial charge in [-0.05, 0) is 12.0 Å². The van der Waals surface area contributed by atoms with Crippen LogP contribution in [0.1, 0.15) is 25.3 Å². The Kier molecular flexibility index (Phi) is 6.16. The molecule has 0 saturated carbocycles. The molecule has 94 valence electrons. The van der Waals surface area contributed by atoms with Gasteiger partial charge in [-0.3, -0.25) is 0 Å². The minimum Gasteiger partial charge on any atom is -0.246 e. The number of hydrogen-bond donors (Lipinski definition) is 0. The maximum atomic E-state index is 11.7. The fraction of sp³-hybridized carbons (Fsp3) is 0.417. The van der Waals surface area contributed by atoms with Gasteiger partial charge in [0.1, 0.15) is 0 Å². The Hall–Kier alpha value is -0.930. The lowest BCUT2D eigenvalue weighted by atomic mass is 10.2. The lowest BCUT2D eigenvalue weighted by Gasteiger charge is -2.20. The van der Waals surface area contributed by atoms with Crippen LogP contribution in [0.2, 0.25) is 0 Å². The number of benzene rings is 1. The summed E-state index contributed by atoms with van der Waals surface area (Å²) in [6.07, 6.45) is 1.85. The third-order valence-electron chi connectivity index (χ3n) is 2.29. The third kappa shape index (κ3) is 4.84. The number of halogens is 2. The summed E-state index contributed by atoms with van der Waals surface area (Å²) in [6.45, 7) is 2.89. The summed E-state index contributed by atoms with van der Waals surface area (Å²) in [7, 11) is 0. The Labute approximate surface area is 112 Å². The first kappa shape index (κ1) is 14.1. The molecule has 3 nitrogen and oxygen atoms in total. The van der Waals surface area contributed by atoms with Crippen LogP contribution in [0.3, 0.4) is 0 Å². The Balaban J connectivity index is 2.47. The zero-order chi connectivity index (χ0) is 12.7. The lowest BCUT2D eigenvalue weighted by Crippen LogP contribution is -2.32. The minimum atomic E-state index is -0.384. The molecular weight excluding hydrogens is 259 g/mol. The van der Waals surface area contributed by atoms with E-state index in [0.29, 0.717) is 13.1 Å². The SMILES string of the molecule is CCCCN(Cl)C(=O)N(Cl)Cc1ccccc1. The van der Waals surface area contributed by atoms with Crippen LogP contribution in [0.4, 0.5) is 4.79 Å². The van der Waals surface area contributed by atoms with E-state index in [9.17, 15) is 4.79 Å². The maximum absolute atomic E-state index is 11.7. The molecule has 0 saturated heterocycles. The van der Waals surface area contributed by atoms with Crippen LogP contribution in [0, 0.1) is 0 Å². The molecule has 0 aliphatic rings. The number of urea groups is 1. The van der Waals surface area contributed by atoms with Gasteiger partial charge in [-0.25, -0.2) is 13.6 Å². The average molecular weight is 275 g/mol. The van der Waals surface area contributed by atoms with Crippen LogP contribution in [-0.4, -0.2) is 21.4 Å². The van der Waals surface area contributed by atoms with E-state index in [1.807, 2.05) is 37.3 Å². The molecule has 0 fully saturated rings. The molecule has 17 heavy (non-hydrogen) atoms. The molecule has 5 heteroatoms. The van der Waals surface area contributed by atoms with Crippen molar-refractivity contribution in [2.75, 3.05) is 6.54 Å². The maximum Gasteiger partial charge on any atom is 0.349 e. The molecule has 0 aliphatic heterocycles. The molecule has 2 amide bonds. The monoisotopic (exact) mass is 274 g/mol. The molecule has 0 heterocycles. The summed E-state index contributed by atoms with van der Waals surface area (Å²) < 4.78 is 2.22. The summed E-state index contributed by atoms with van der Waals surface area (Å²) in [5, 5.41) is 0. The van der Waals surface area contributed by atoms with Crippen molar-refractivity contribution in [3.63, 3.8) is 0 Å². The molecule has 0 radical (unpaired) electrons. The third-order valence-corrected chi connectivity index (χ3v) is 2.87. The average Bonchev–Trinajstić information content (AvgIpc) is 2.36. The Bertz CT molecular complexity index is 346. The van der Waals surface area contributed by atoms with Crippen molar-refractivity contribution >= 4 is 29.6 Å². The molecule has 0 atom stereocenters. The zero-order valence-corrected chi connectivity index (χ0v) is 11.3. The highest BCUT2D eigenvalue weighted by atomic mass is 35.5. The first-order chi connectivity index (χ1) is 8.15. The predicted octanol–water partition coefficient (Wildman–Crippen LogP) is 4.02. The number of rotatable bonds is 5. The van der Waals surface area contributed by atoms with Crippen LogP contribution < -0.4 is 0 Å². The number of hydrogen-bond acceptors (Lipinski definition) is 1. The summed E-state index contributed by atoms with van der Waals surface area (Å²) in [5.74, 6) is 0. The van der Waals surface area contributed by atoms with Crippen LogP contribution in [0.5, 0.6) is 0 Å². The number of carbonyl (C=O) groups excluding carboxylic acids is 1. The normalized spacial score (nSPS) is 10.1. The van der Waals surface area contributed by atoms with Gasteiger partial charge in [0.05, 0.1) is 6.54 Å². The highest BCUT2D eigenvalue weighted by Gasteiger charge is 2.17. The summed E-state index contributed by atoms with van der Waals surface area (Å²) in [4.78, 5) is 11.7. The molecular formula is C12H16Cl2N2O. The fourth-order valence-electron chi connectivity index (χ4n) is 1.32. The highest BCUT2D eigenvalue weighted by molar-refractivity contribution is 6.27. The highest BCUT2D eigenvalue weighted by Crippen LogP contribution is 2.12. The Morgan fingerprint density at radius 1 is 1.18 bits per heavy atom. The topological polar surface area (TPSA) is 23.6 Å². The molecule has 0 aromatic heterocycles. The van der Waals surface area contributed by atoms with Gasteiger partial charge in [-0.15, -0.1) is 0 Å². The second-order valence-corrected chi connectivity index (χ2v) is 4.54. The number of unbranched alkanes of at least 4 members (excludes halogenated alkanes) is 1. The van der Waals surface area contributed by atoms with Crippen LogP contribution >= 0.6 is 23.6 Å². The number of nitrogens with zero attached hydrogens (tertiary/aromatic N) is 2. The molecule has 1 aromatic rings. The summed E-state index contributed by atoms with van der Waals surface area (Å²) >= 11 is 11.7. The second-order valence-electron chi connectivity index (χ2n) is 3.73. The van der Waals surface area contributed by atoms with Crippen LogP contribution in [0.15, 0.2) is 30.3 Å². The van der Waals surface area contributed by atoms with Crippen molar-refractivity contribution in [2.45, 2.75) is 26.3 Å². The Morgan fingerprint density at radius 3 is 2.41 bits per heavy atom. The van der Waals surface area contributed by atoms with E-state index in [-0.39, 0.29) is 6.03 Å². The predicted molar refractivity (Wildman–Crippen MR) is 70.7 cm³/mol. The van der Waals surface area contributed by atoms with Gasteiger partial charge in [-0.2, -0.15) is 0 Å². The van der Waals surface area contributed by atoms with Crippen molar-refractivity contribution in [3.8, 4) is 0 Å². The van der Waals surface area contributed by atoms with E-state index in [1.54, 1.807) is 0 Å². The molecule has 0 aliphatic carbocycles. The van der Waals surface area contributed by atoms with Crippen molar-refractivity contribution in [2.24, 2.45) is 0 Å². The lowest BCUT2D eigenvalue weighted by molar-refractivity contribution is 0.204. The van der Waals surface area contributed by atoms with Gasteiger partial charge < -0.3 is 0 Å². The first-order valence-corrected chi connectivity index (χ1v) is 6.27. The molecule has 1 aromatic carbocycles. The van der Waals surface area contributed by atoms with E-state index in [0.717, 1.165) is 27.2 Å². The van der Waals surface area contributed by atoms with Crippen molar-refractivity contribution in [1.82, 2.24) is 8.84 Å². The fourth-order valence-corrected chi connectivity index (χ4v) is 1.80. The molecule has 0 unspecified atom stereocenters. The van der Waals surface area contributed by atoms with Crippen LogP contribution in [-0.2, 0) is 6.54 Å². The van der Waals surface area contributed by atoms with E-state index in [4.69, 9.17) is 23.6 Å². The van der Waals surface area contributed by atoms with Crippen molar-refractivity contribution in [3.05, 3.63) is 35.9 Å². The minimum absolute atomic E-state index is 0.344.